The molecule has 126 valence electrons. The van der Waals surface area contributed by atoms with Crippen LogP contribution in [0.4, 0.5) is 10.5 Å². The fourth-order valence-electron chi connectivity index (χ4n) is 2.20. The molecule has 0 aliphatic heterocycles. The van der Waals surface area contributed by atoms with E-state index in [4.69, 9.17) is 11.6 Å². The zero-order valence-corrected chi connectivity index (χ0v) is 13.8. The highest BCUT2D eigenvalue weighted by Gasteiger charge is 2.02. The molecule has 0 saturated heterocycles. The second-order valence-electron chi connectivity index (χ2n) is 5.15. The van der Waals surface area contributed by atoms with Crippen molar-refractivity contribution in [1.82, 2.24) is 9.99 Å². The number of phenols is 1. The summed E-state index contributed by atoms with van der Waals surface area (Å²) >= 11 is 5.79. The SMILES string of the molecule is O=C(N/N=C/c1cccn1-c1ccc(O)cc1)Nc1ccc(Cl)cc1. The summed E-state index contributed by atoms with van der Waals surface area (Å²) in [6.45, 7) is 0. The average Bonchev–Trinajstić information content (AvgIpc) is 3.06. The molecule has 25 heavy (non-hydrogen) atoms. The Morgan fingerprint density at radius 1 is 1.08 bits per heavy atom. The number of hydrogen-bond donors (Lipinski definition) is 3. The van der Waals surface area contributed by atoms with Gasteiger partial charge in [-0.15, -0.1) is 0 Å². The maximum Gasteiger partial charge on any atom is 0.339 e. The Labute approximate surface area is 149 Å². The second kappa shape index (κ2) is 7.55. The lowest BCUT2D eigenvalue weighted by molar-refractivity contribution is 0.252. The smallest absolute Gasteiger partial charge is 0.339 e. The number of hydrogen-bond acceptors (Lipinski definition) is 3. The number of carbonyl (C=O) groups is 1. The van der Waals surface area contributed by atoms with Gasteiger partial charge in [-0.1, -0.05) is 11.6 Å². The number of carbonyl (C=O) groups excluding carboxylic acids is 1. The number of urea groups is 1. The maximum absolute atomic E-state index is 11.8. The number of rotatable bonds is 4. The summed E-state index contributed by atoms with van der Waals surface area (Å²) in [5, 5.41) is 16.6. The third kappa shape index (κ3) is 4.39. The van der Waals surface area contributed by atoms with Crippen molar-refractivity contribution in [3.63, 3.8) is 0 Å². The number of anilines is 1. The van der Waals surface area contributed by atoms with Gasteiger partial charge in [0.05, 0.1) is 11.9 Å². The van der Waals surface area contributed by atoms with Gasteiger partial charge in [-0.25, -0.2) is 10.2 Å². The molecular formula is C18H15ClN4O2. The molecule has 0 saturated carbocycles. The van der Waals surface area contributed by atoms with E-state index in [0.29, 0.717) is 10.7 Å². The van der Waals surface area contributed by atoms with E-state index >= 15 is 0 Å². The standard InChI is InChI=1S/C18H15ClN4O2/c19-13-3-5-14(6-4-13)21-18(25)22-20-12-16-2-1-11-23(16)15-7-9-17(24)10-8-15/h1-12,24H,(H2,21,22,25)/b20-12+. The summed E-state index contributed by atoms with van der Waals surface area (Å²) in [4.78, 5) is 11.8. The van der Waals surface area contributed by atoms with Gasteiger partial charge in [0.15, 0.2) is 0 Å². The van der Waals surface area contributed by atoms with Crippen molar-refractivity contribution in [2.75, 3.05) is 5.32 Å². The third-order valence-electron chi connectivity index (χ3n) is 3.37. The van der Waals surface area contributed by atoms with Crippen LogP contribution in [0.5, 0.6) is 5.75 Å². The van der Waals surface area contributed by atoms with Crippen molar-refractivity contribution in [3.05, 3.63) is 77.6 Å². The van der Waals surface area contributed by atoms with E-state index in [0.717, 1.165) is 11.4 Å². The fourth-order valence-corrected chi connectivity index (χ4v) is 2.32. The number of phenolic OH excluding ortho intramolecular Hbond substituents is 1. The minimum atomic E-state index is -0.457. The Kier molecular flexibility index (Phi) is 5.01. The van der Waals surface area contributed by atoms with Crippen LogP contribution < -0.4 is 10.7 Å². The molecule has 2 amide bonds. The van der Waals surface area contributed by atoms with Crippen LogP contribution in [0.3, 0.4) is 0 Å². The number of nitrogens with zero attached hydrogens (tertiary/aromatic N) is 2. The van der Waals surface area contributed by atoms with E-state index in [2.05, 4.69) is 15.8 Å². The Morgan fingerprint density at radius 2 is 1.80 bits per heavy atom. The summed E-state index contributed by atoms with van der Waals surface area (Å²) < 4.78 is 1.88. The summed E-state index contributed by atoms with van der Waals surface area (Å²) in [6.07, 6.45) is 3.40. The van der Waals surface area contributed by atoms with Gasteiger partial charge in [-0.2, -0.15) is 5.10 Å². The molecule has 0 aliphatic rings. The van der Waals surface area contributed by atoms with Gasteiger partial charge >= 0.3 is 6.03 Å². The van der Waals surface area contributed by atoms with Gasteiger partial charge in [-0.05, 0) is 60.7 Å². The van der Waals surface area contributed by atoms with Crippen LogP contribution in [-0.2, 0) is 0 Å². The molecule has 0 radical (unpaired) electrons. The van der Waals surface area contributed by atoms with E-state index < -0.39 is 6.03 Å². The first-order valence-corrected chi connectivity index (χ1v) is 7.82. The zero-order valence-electron chi connectivity index (χ0n) is 13.1. The molecular weight excluding hydrogens is 340 g/mol. The largest absolute Gasteiger partial charge is 0.508 e. The molecule has 1 heterocycles. The van der Waals surface area contributed by atoms with Crippen LogP contribution >= 0.6 is 11.6 Å². The zero-order chi connectivity index (χ0) is 17.6. The first-order valence-electron chi connectivity index (χ1n) is 7.44. The van der Waals surface area contributed by atoms with Crippen molar-refractivity contribution in [2.24, 2.45) is 5.10 Å². The van der Waals surface area contributed by atoms with Crippen LogP contribution in [-0.4, -0.2) is 21.9 Å². The lowest BCUT2D eigenvalue weighted by Gasteiger charge is -2.06. The van der Waals surface area contributed by atoms with E-state index in [1.807, 2.05) is 22.9 Å². The van der Waals surface area contributed by atoms with Crippen LogP contribution in [0.2, 0.25) is 5.02 Å². The summed E-state index contributed by atoms with van der Waals surface area (Å²) in [5.74, 6) is 0.201. The number of nitrogens with one attached hydrogen (secondary N) is 2. The van der Waals surface area contributed by atoms with Crippen LogP contribution in [0.15, 0.2) is 72.0 Å². The molecule has 0 spiro atoms. The quantitative estimate of drug-likeness (QED) is 0.489. The molecule has 0 atom stereocenters. The summed E-state index contributed by atoms with van der Waals surface area (Å²) in [6, 6.07) is 16.8. The first kappa shape index (κ1) is 16.6. The molecule has 0 unspecified atom stereocenters. The van der Waals surface area contributed by atoms with Crippen LogP contribution in [0.1, 0.15) is 5.69 Å². The highest BCUT2D eigenvalue weighted by Crippen LogP contribution is 2.16. The second-order valence-corrected chi connectivity index (χ2v) is 5.59. The first-order chi connectivity index (χ1) is 12.1. The number of aromatic nitrogens is 1. The molecule has 3 rings (SSSR count). The lowest BCUT2D eigenvalue weighted by Crippen LogP contribution is -2.24. The maximum atomic E-state index is 11.8. The fraction of sp³-hybridized carbons (Fsp3) is 0. The van der Waals surface area contributed by atoms with Crippen molar-refractivity contribution >= 4 is 29.5 Å². The Bertz CT molecular complexity index is 886. The number of aromatic hydroxyl groups is 1. The number of amides is 2. The van der Waals surface area contributed by atoms with Crippen molar-refractivity contribution in [2.45, 2.75) is 0 Å². The van der Waals surface area contributed by atoms with E-state index in [-0.39, 0.29) is 5.75 Å². The minimum Gasteiger partial charge on any atom is -0.508 e. The topological polar surface area (TPSA) is 78.7 Å². The number of benzene rings is 2. The molecule has 0 fully saturated rings. The van der Waals surface area contributed by atoms with Gasteiger partial charge < -0.3 is 15.0 Å². The van der Waals surface area contributed by atoms with Crippen LogP contribution in [0, 0.1) is 0 Å². The summed E-state index contributed by atoms with van der Waals surface area (Å²) in [7, 11) is 0. The molecule has 0 bridgehead atoms. The number of halogens is 1. The highest BCUT2D eigenvalue weighted by molar-refractivity contribution is 6.30. The van der Waals surface area contributed by atoms with E-state index in [1.165, 1.54) is 6.21 Å². The van der Waals surface area contributed by atoms with Crippen molar-refractivity contribution in [3.8, 4) is 11.4 Å². The number of hydrazone groups is 1. The molecule has 1 aromatic heterocycles. The van der Waals surface area contributed by atoms with Gasteiger partial charge in [-0.3, -0.25) is 0 Å². The highest BCUT2D eigenvalue weighted by atomic mass is 35.5. The molecule has 3 N–H and O–H groups in total. The Morgan fingerprint density at radius 3 is 2.52 bits per heavy atom. The van der Waals surface area contributed by atoms with Gasteiger partial charge in [0.2, 0.25) is 0 Å². The van der Waals surface area contributed by atoms with E-state index in [9.17, 15) is 9.90 Å². The molecule has 3 aromatic rings. The Balaban J connectivity index is 1.63. The van der Waals surface area contributed by atoms with Gasteiger partial charge in [0, 0.05) is 22.6 Å². The predicted molar refractivity (Wildman–Crippen MR) is 98.6 cm³/mol. The van der Waals surface area contributed by atoms with Crippen molar-refractivity contribution in [1.29, 1.82) is 0 Å². The Hall–Kier alpha value is -3.25. The third-order valence-corrected chi connectivity index (χ3v) is 3.63. The molecule has 2 aromatic carbocycles. The minimum absolute atomic E-state index is 0.201. The van der Waals surface area contributed by atoms with Gasteiger partial charge in [0.1, 0.15) is 5.75 Å². The lowest BCUT2D eigenvalue weighted by atomic mass is 10.3. The molecule has 0 aliphatic carbocycles. The normalized spacial score (nSPS) is 10.8. The van der Waals surface area contributed by atoms with Crippen molar-refractivity contribution < 1.29 is 9.90 Å². The predicted octanol–water partition coefficient (Wildman–Crippen LogP) is 3.99. The monoisotopic (exact) mass is 354 g/mol. The van der Waals surface area contributed by atoms with E-state index in [1.54, 1.807) is 48.5 Å². The average molecular weight is 355 g/mol. The van der Waals surface area contributed by atoms with Crippen LogP contribution in [0.25, 0.3) is 5.69 Å². The summed E-state index contributed by atoms with van der Waals surface area (Å²) in [5.41, 5.74) is 4.67. The molecule has 6 nitrogen and oxygen atoms in total. The van der Waals surface area contributed by atoms with Gasteiger partial charge in [0.25, 0.3) is 0 Å². The molecule has 7 heteroatoms.